The fourth-order valence-corrected chi connectivity index (χ4v) is 4.20. The molecular formula is C20H25N5O3. The van der Waals surface area contributed by atoms with Crippen LogP contribution in [-0.2, 0) is 20.9 Å². The highest BCUT2D eigenvalue weighted by atomic mass is 16.5. The lowest BCUT2D eigenvalue weighted by molar-refractivity contribution is -0.178. The molecule has 148 valence electrons. The maximum atomic E-state index is 12.6. The summed E-state index contributed by atoms with van der Waals surface area (Å²) in [6, 6.07) is 5.79. The van der Waals surface area contributed by atoms with E-state index in [4.69, 9.17) is 4.74 Å². The second kappa shape index (κ2) is 7.71. The molecule has 4 rings (SSSR count). The third-order valence-electron chi connectivity index (χ3n) is 5.67. The number of hydrogen-bond donors (Lipinski definition) is 0. The smallest absolute Gasteiger partial charge is 0.255 e. The largest absolute Gasteiger partial charge is 0.369 e. The maximum absolute atomic E-state index is 12.6. The number of rotatable bonds is 5. The monoisotopic (exact) mass is 383 g/mol. The fraction of sp³-hybridized carbons (Fsp3) is 0.500. The SMILES string of the molecule is CO[C@H]1C(=O)N(C2CCN(C(=O)Cn3ccc(C)n3)CC2)[C@H]1c1ccncc1. The summed E-state index contributed by atoms with van der Waals surface area (Å²) in [7, 11) is 1.58. The average molecular weight is 383 g/mol. The lowest BCUT2D eigenvalue weighted by atomic mass is 9.86. The molecular weight excluding hydrogens is 358 g/mol. The van der Waals surface area contributed by atoms with Gasteiger partial charge in [-0.25, -0.2) is 0 Å². The number of likely N-dealkylation sites (tertiary alicyclic amines) is 2. The molecule has 4 heterocycles. The zero-order valence-electron chi connectivity index (χ0n) is 16.2. The molecule has 2 aromatic rings. The Labute approximate surface area is 164 Å². The van der Waals surface area contributed by atoms with E-state index in [1.165, 1.54) is 0 Å². The first-order chi connectivity index (χ1) is 13.6. The Bertz CT molecular complexity index is 845. The highest BCUT2D eigenvalue weighted by molar-refractivity contribution is 5.89. The third kappa shape index (κ3) is 3.40. The molecule has 2 atom stereocenters. The number of pyridine rings is 1. The van der Waals surface area contributed by atoms with Crippen molar-refractivity contribution in [2.24, 2.45) is 0 Å². The summed E-state index contributed by atoms with van der Waals surface area (Å²) in [5.41, 5.74) is 1.94. The molecule has 2 aliphatic heterocycles. The Morgan fingerprint density at radius 2 is 1.93 bits per heavy atom. The van der Waals surface area contributed by atoms with Gasteiger partial charge in [0, 0.05) is 44.8 Å². The first-order valence-corrected chi connectivity index (χ1v) is 9.61. The standard InChI is InChI=1S/C20H25N5O3/c1-14-5-12-24(22-14)13-17(26)23-10-6-16(7-11-23)25-18(19(28-2)20(25)27)15-3-8-21-9-4-15/h3-5,8-9,12,16,18-19H,6-7,10-11,13H2,1-2H3/t18-,19+/m0/s1. The van der Waals surface area contributed by atoms with Crippen LogP contribution in [0.2, 0.25) is 0 Å². The van der Waals surface area contributed by atoms with E-state index in [0.29, 0.717) is 13.1 Å². The summed E-state index contributed by atoms with van der Waals surface area (Å²) in [4.78, 5) is 33.0. The van der Waals surface area contributed by atoms with Crippen molar-refractivity contribution in [1.29, 1.82) is 0 Å². The number of nitrogens with zero attached hydrogens (tertiary/aromatic N) is 5. The molecule has 0 saturated carbocycles. The van der Waals surface area contributed by atoms with Gasteiger partial charge in [-0.15, -0.1) is 0 Å². The molecule has 28 heavy (non-hydrogen) atoms. The van der Waals surface area contributed by atoms with E-state index in [1.54, 1.807) is 24.2 Å². The van der Waals surface area contributed by atoms with Crippen LogP contribution in [0.1, 0.15) is 30.1 Å². The van der Waals surface area contributed by atoms with Crippen molar-refractivity contribution in [2.75, 3.05) is 20.2 Å². The molecule has 2 aromatic heterocycles. The number of piperidine rings is 1. The number of carbonyl (C=O) groups is 2. The van der Waals surface area contributed by atoms with Crippen LogP contribution in [-0.4, -0.2) is 68.7 Å². The molecule has 2 aliphatic rings. The van der Waals surface area contributed by atoms with E-state index in [-0.39, 0.29) is 30.4 Å². The highest BCUT2D eigenvalue weighted by Gasteiger charge is 2.51. The summed E-state index contributed by atoms with van der Waals surface area (Å²) < 4.78 is 7.10. The minimum Gasteiger partial charge on any atom is -0.369 e. The second-order valence-electron chi connectivity index (χ2n) is 7.39. The first-order valence-electron chi connectivity index (χ1n) is 9.61. The van der Waals surface area contributed by atoms with Gasteiger partial charge in [-0.05, 0) is 43.5 Å². The quantitative estimate of drug-likeness (QED) is 0.724. The minimum absolute atomic E-state index is 0.0288. The lowest BCUT2D eigenvalue weighted by Gasteiger charge is -2.52. The zero-order valence-corrected chi connectivity index (χ0v) is 16.2. The molecule has 2 fully saturated rings. The highest BCUT2D eigenvalue weighted by Crippen LogP contribution is 2.40. The van der Waals surface area contributed by atoms with Crippen LogP contribution < -0.4 is 0 Å². The summed E-state index contributed by atoms with van der Waals surface area (Å²) >= 11 is 0. The number of methoxy groups -OCH3 is 1. The van der Waals surface area contributed by atoms with Gasteiger partial charge in [0.1, 0.15) is 6.54 Å². The maximum Gasteiger partial charge on any atom is 0.255 e. The van der Waals surface area contributed by atoms with E-state index in [1.807, 2.05) is 41.1 Å². The van der Waals surface area contributed by atoms with Crippen LogP contribution in [0.25, 0.3) is 0 Å². The number of hydrogen-bond acceptors (Lipinski definition) is 5. The number of β-lactam (4-membered cyclic amide) rings is 1. The number of ether oxygens (including phenoxy) is 1. The van der Waals surface area contributed by atoms with Gasteiger partial charge < -0.3 is 14.5 Å². The van der Waals surface area contributed by atoms with Gasteiger partial charge in [0.05, 0.1) is 11.7 Å². The van der Waals surface area contributed by atoms with Crippen LogP contribution in [0.4, 0.5) is 0 Å². The van der Waals surface area contributed by atoms with Crippen molar-refractivity contribution in [2.45, 2.75) is 44.5 Å². The Balaban J connectivity index is 1.38. The predicted octanol–water partition coefficient (Wildman–Crippen LogP) is 1.18. The summed E-state index contributed by atoms with van der Waals surface area (Å²) in [5, 5.41) is 4.28. The normalized spacial score (nSPS) is 23.0. The van der Waals surface area contributed by atoms with Gasteiger partial charge >= 0.3 is 0 Å². The second-order valence-corrected chi connectivity index (χ2v) is 7.39. The van der Waals surface area contributed by atoms with Crippen LogP contribution >= 0.6 is 0 Å². The van der Waals surface area contributed by atoms with Crippen molar-refractivity contribution in [3.8, 4) is 0 Å². The summed E-state index contributed by atoms with van der Waals surface area (Å²) in [5.74, 6) is 0.0954. The Hall–Kier alpha value is -2.74. The van der Waals surface area contributed by atoms with Crippen molar-refractivity contribution in [3.63, 3.8) is 0 Å². The topological polar surface area (TPSA) is 80.6 Å². The average Bonchev–Trinajstić information content (AvgIpc) is 3.12. The minimum atomic E-state index is -0.440. The van der Waals surface area contributed by atoms with Gasteiger partial charge in [0.2, 0.25) is 5.91 Å². The molecule has 0 spiro atoms. The molecule has 0 unspecified atom stereocenters. The Morgan fingerprint density at radius 1 is 1.21 bits per heavy atom. The van der Waals surface area contributed by atoms with E-state index in [0.717, 1.165) is 24.1 Å². The first kappa shape index (κ1) is 18.6. The van der Waals surface area contributed by atoms with Crippen LogP contribution in [0.15, 0.2) is 36.8 Å². The van der Waals surface area contributed by atoms with Gasteiger partial charge in [-0.3, -0.25) is 19.3 Å². The molecule has 8 nitrogen and oxygen atoms in total. The molecule has 0 bridgehead atoms. The van der Waals surface area contributed by atoms with E-state index in [2.05, 4.69) is 10.1 Å². The van der Waals surface area contributed by atoms with E-state index >= 15 is 0 Å². The van der Waals surface area contributed by atoms with E-state index < -0.39 is 6.10 Å². The van der Waals surface area contributed by atoms with Crippen LogP contribution in [0.3, 0.4) is 0 Å². The van der Waals surface area contributed by atoms with Gasteiger partial charge in [0.15, 0.2) is 6.10 Å². The summed E-state index contributed by atoms with van der Waals surface area (Å²) in [6.45, 7) is 3.46. The predicted molar refractivity (Wildman–Crippen MR) is 101 cm³/mol. The number of amides is 2. The van der Waals surface area contributed by atoms with Gasteiger partial charge in [0.25, 0.3) is 5.91 Å². The van der Waals surface area contributed by atoms with E-state index in [9.17, 15) is 9.59 Å². The van der Waals surface area contributed by atoms with Crippen molar-refractivity contribution in [1.82, 2.24) is 24.6 Å². The number of carbonyl (C=O) groups excluding carboxylic acids is 2. The molecule has 2 saturated heterocycles. The summed E-state index contributed by atoms with van der Waals surface area (Å²) in [6.07, 6.45) is 6.40. The molecule has 0 aliphatic carbocycles. The number of aryl methyl sites for hydroxylation is 1. The van der Waals surface area contributed by atoms with Crippen LogP contribution in [0.5, 0.6) is 0 Å². The van der Waals surface area contributed by atoms with Crippen molar-refractivity contribution >= 4 is 11.8 Å². The van der Waals surface area contributed by atoms with Crippen molar-refractivity contribution < 1.29 is 14.3 Å². The molecule has 8 heteroatoms. The Kier molecular flexibility index (Phi) is 5.13. The molecule has 0 N–H and O–H groups in total. The molecule has 0 radical (unpaired) electrons. The molecule has 2 amide bonds. The van der Waals surface area contributed by atoms with Gasteiger partial charge in [-0.2, -0.15) is 5.10 Å². The zero-order chi connectivity index (χ0) is 19.7. The van der Waals surface area contributed by atoms with Crippen molar-refractivity contribution in [3.05, 3.63) is 48.0 Å². The number of aromatic nitrogens is 3. The lowest BCUT2D eigenvalue weighted by Crippen LogP contribution is -2.64. The Morgan fingerprint density at radius 3 is 2.54 bits per heavy atom. The third-order valence-corrected chi connectivity index (χ3v) is 5.67. The van der Waals surface area contributed by atoms with Gasteiger partial charge in [-0.1, -0.05) is 0 Å². The fourth-order valence-electron chi connectivity index (χ4n) is 4.20. The van der Waals surface area contributed by atoms with Crippen LogP contribution in [0, 0.1) is 6.92 Å². The molecule has 0 aromatic carbocycles.